The van der Waals surface area contributed by atoms with E-state index >= 15 is 0 Å². The minimum Gasteiger partial charge on any atom is -0.292 e. The number of carbonyl (C=O) groups is 2. The Kier molecular flexibility index (Phi) is 7.30. The fourth-order valence-electron chi connectivity index (χ4n) is 2.73. The lowest BCUT2D eigenvalue weighted by Gasteiger charge is -2.14. The summed E-state index contributed by atoms with van der Waals surface area (Å²) in [5, 5.41) is 21.9. The number of rotatable bonds is 8. The van der Waals surface area contributed by atoms with Crippen molar-refractivity contribution in [3.63, 3.8) is 0 Å². The van der Waals surface area contributed by atoms with Crippen LogP contribution in [0.1, 0.15) is 12.0 Å². The van der Waals surface area contributed by atoms with E-state index in [1.54, 1.807) is 6.07 Å². The van der Waals surface area contributed by atoms with E-state index in [9.17, 15) is 34.2 Å². The number of thiocarbonyl (C=S) groups is 1. The van der Waals surface area contributed by atoms with Crippen molar-refractivity contribution in [3.05, 3.63) is 79.0 Å². The number of halogens is 1. The van der Waals surface area contributed by atoms with Crippen molar-refractivity contribution >= 4 is 63.3 Å². The molecule has 0 bridgehead atoms. The van der Waals surface area contributed by atoms with Crippen LogP contribution in [-0.2, 0) is 9.59 Å². The van der Waals surface area contributed by atoms with Gasteiger partial charge < -0.3 is 0 Å². The van der Waals surface area contributed by atoms with Crippen LogP contribution in [0.5, 0.6) is 0 Å². The van der Waals surface area contributed by atoms with Crippen LogP contribution in [0.15, 0.2) is 47.4 Å². The summed E-state index contributed by atoms with van der Waals surface area (Å²) in [6.45, 7) is -0.0743. The van der Waals surface area contributed by atoms with Gasteiger partial charge in [-0.3, -0.25) is 45.6 Å². The third-order valence-corrected chi connectivity index (χ3v) is 5.73. The second-order valence-corrected chi connectivity index (χ2v) is 8.17. The number of carbonyl (C=O) groups excluding carboxylic acids is 2. The van der Waals surface area contributed by atoms with Crippen molar-refractivity contribution in [2.45, 2.75) is 6.42 Å². The summed E-state index contributed by atoms with van der Waals surface area (Å²) in [4.78, 5) is 46.5. The molecule has 0 aromatic heterocycles. The molecule has 3 rings (SSSR count). The Morgan fingerprint density at radius 1 is 1.18 bits per heavy atom. The molecular formula is C19H14FN5O6S2. The molecule has 14 heteroatoms. The van der Waals surface area contributed by atoms with Gasteiger partial charge in [0.25, 0.3) is 11.6 Å². The summed E-state index contributed by atoms with van der Waals surface area (Å²) in [7, 11) is 0. The van der Waals surface area contributed by atoms with Gasteiger partial charge in [-0.2, -0.15) is 0 Å². The molecule has 2 aromatic rings. The lowest BCUT2D eigenvalue weighted by molar-refractivity contribution is -0.393. The van der Waals surface area contributed by atoms with Crippen LogP contribution in [0.4, 0.5) is 21.5 Å². The smallest absolute Gasteiger partial charge is 0.292 e. The fraction of sp³-hybridized carbons (Fsp3) is 0.105. The largest absolute Gasteiger partial charge is 0.300 e. The van der Waals surface area contributed by atoms with E-state index in [2.05, 4.69) is 10.9 Å². The molecule has 0 saturated carbocycles. The summed E-state index contributed by atoms with van der Waals surface area (Å²) < 4.78 is 14.0. The lowest BCUT2D eigenvalue weighted by atomic mass is 10.2. The van der Waals surface area contributed by atoms with E-state index in [1.165, 1.54) is 29.2 Å². The molecule has 1 aliphatic rings. The Bertz CT molecular complexity index is 1200. The third-order valence-electron chi connectivity index (χ3n) is 4.35. The number of benzene rings is 2. The molecule has 0 unspecified atom stereocenters. The van der Waals surface area contributed by atoms with Gasteiger partial charge in [0.05, 0.1) is 20.8 Å². The van der Waals surface area contributed by atoms with Crippen LogP contribution < -0.4 is 10.9 Å². The summed E-state index contributed by atoms with van der Waals surface area (Å²) in [6.07, 6.45) is 1.18. The number of hydrogen-bond donors (Lipinski definition) is 2. The van der Waals surface area contributed by atoms with Crippen molar-refractivity contribution in [1.82, 2.24) is 10.3 Å². The first-order chi connectivity index (χ1) is 15.7. The summed E-state index contributed by atoms with van der Waals surface area (Å²) >= 11 is 6.15. The number of hydrogen-bond acceptors (Lipinski definition) is 9. The quantitative estimate of drug-likeness (QED) is 0.245. The normalized spacial score (nSPS) is 14.5. The SMILES string of the molecule is O=C(CCN1C(=O)/C(=C\c2ccccc2F)SC1=S)NNc1ccc([N+](=O)[O-])cc1[N+](=O)[O-]. The van der Waals surface area contributed by atoms with Crippen LogP contribution in [0, 0.1) is 26.0 Å². The zero-order valence-electron chi connectivity index (χ0n) is 16.5. The molecule has 0 atom stereocenters. The standard InChI is InChI=1S/C19H14FN5O6S2/c20-13-4-2-1-3-11(13)9-16-18(27)23(19(32)33-16)8-7-17(26)22-21-14-6-5-12(24(28)29)10-15(14)25(30)31/h1-6,9-10,21H,7-8H2,(H,22,26)/b16-9+. The second kappa shape index (κ2) is 10.1. The number of nitro benzene ring substituents is 2. The maximum Gasteiger partial charge on any atom is 0.300 e. The average Bonchev–Trinajstić information content (AvgIpc) is 3.04. The molecule has 1 aliphatic heterocycles. The van der Waals surface area contributed by atoms with Gasteiger partial charge in [-0.15, -0.1) is 0 Å². The van der Waals surface area contributed by atoms with E-state index in [-0.39, 0.29) is 33.4 Å². The highest BCUT2D eigenvalue weighted by Crippen LogP contribution is 2.33. The fourth-order valence-corrected chi connectivity index (χ4v) is 4.03. The van der Waals surface area contributed by atoms with Gasteiger partial charge >= 0.3 is 5.69 Å². The number of nitrogens with zero attached hydrogens (tertiary/aromatic N) is 3. The summed E-state index contributed by atoms with van der Waals surface area (Å²) in [6, 6.07) is 8.82. The van der Waals surface area contributed by atoms with Crippen LogP contribution in [0.2, 0.25) is 0 Å². The molecule has 0 radical (unpaired) electrons. The molecule has 1 fully saturated rings. The molecule has 2 N–H and O–H groups in total. The average molecular weight is 491 g/mol. The molecule has 1 saturated heterocycles. The van der Waals surface area contributed by atoms with Crippen molar-refractivity contribution in [2.24, 2.45) is 0 Å². The van der Waals surface area contributed by atoms with Gasteiger partial charge in [-0.1, -0.05) is 42.2 Å². The van der Waals surface area contributed by atoms with Crippen LogP contribution in [-0.4, -0.2) is 37.4 Å². The Labute approximate surface area is 194 Å². The van der Waals surface area contributed by atoms with Gasteiger partial charge in [0, 0.05) is 24.6 Å². The van der Waals surface area contributed by atoms with Gasteiger partial charge in [0.15, 0.2) is 0 Å². The van der Waals surface area contributed by atoms with Crippen LogP contribution in [0.3, 0.4) is 0 Å². The van der Waals surface area contributed by atoms with Crippen LogP contribution >= 0.6 is 24.0 Å². The summed E-state index contributed by atoms with van der Waals surface area (Å²) in [5.74, 6) is -1.58. The zero-order chi connectivity index (χ0) is 24.1. The minimum absolute atomic E-state index is 0.0743. The van der Waals surface area contributed by atoms with E-state index < -0.39 is 38.9 Å². The van der Waals surface area contributed by atoms with Gasteiger partial charge in [0.1, 0.15) is 15.8 Å². The van der Waals surface area contributed by atoms with Crippen molar-refractivity contribution in [3.8, 4) is 0 Å². The first-order valence-corrected chi connectivity index (χ1v) is 10.4. The molecule has 1 heterocycles. The molecule has 33 heavy (non-hydrogen) atoms. The molecule has 0 spiro atoms. The number of thioether (sulfide) groups is 1. The van der Waals surface area contributed by atoms with E-state index in [0.717, 1.165) is 30.0 Å². The Balaban J connectivity index is 1.60. The minimum atomic E-state index is -0.830. The van der Waals surface area contributed by atoms with Gasteiger partial charge in [0.2, 0.25) is 5.91 Å². The zero-order valence-corrected chi connectivity index (χ0v) is 18.2. The number of non-ortho nitro benzene ring substituents is 1. The number of nitrogens with one attached hydrogen (secondary N) is 2. The molecule has 11 nitrogen and oxygen atoms in total. The van der Waals surface area contributed by atoms with E-state index in [1.807, 2.05) is 0 Å². The number of nitro groups is 2. The van der Waals surface area contributed by atoms with Crippen molar-refractivity contribution < 1.29 is 23.8 Å². The third kappa shape index (κ3) is 5.67. The highest BCUT2D eigenvalue weighted by molar-refractivity contribution is 8.26. The Morgan fingerprint density at radius 3 is 2.58 bits per heavy atom. The van der Waals surface area contributed by atoms with Crippen molar-refractivity contribution in [2.75, 3.05) is 12.0 Å². The number of anilines is 1. The van der Waals surface area contributed by atoms with Gasteiger partial charge in [-0.25, -0.2) is 4.39 Å². The maximum atomic E-state index is 13.8. The topological polar surface area (TPSA) is 148 Å². The number of hydrazine groups is 1. The van der Waals surface area contributed by atoms with Crippen molar-refractivity contribution in [1.29, 1.82) is 0 Å². The molecule has 2 aromatic carbocycles. The highest BCUT2D eigenvalue weighted by Gasteiger charge is 2.32. The maximum absolute atomic E-state index is 13.8. The highest BCUT2D eigenvalue weighted by atomic mass is 32.2. The summed E-state index contributed by atoms with van der Waals surface area (Å²) in [5.41, 5.74) is 3.59. The molecule has 170 valence electrons. The monoisotopic (exact) mass is 491 g/mol. The molecule has 0 aliphatic carbocycles. The predicted octanol–water partition coefficient (Wildman–Crippen LogP) is 3.38. The molecule has 2 amide bonds. The molecular weight excluding hydrogens is 477 g/mol. The van der Waals surface area contributed by atoms with E-state index in [0.29, 0.717) is 0 Å². The Morgan fingerprint density at radius 2 is 1.91 bits per heavy atom. The predicted molar refractivity (Wildman–Crippen MR) is 122 cm³/mol. The van der Waals surface area contributed by atoms with Crippen LogP contribution in [0.25, 0.3) is 6.08 Å². The van der Waals surface area contributed by atoms with E-state index in [4.69, 9.17) is 12.2 Å². The van der Waals surface area contributed by atoms with Gasteiger partial charge in [-0.05, 0) is 18.2 Å². The lowest BCUT2D eigenvalue weighted by Crippen LogP contribution is -2.35. The number of amides is 2. The Hall–Kier alpha value is -3.91. The first kappa shape index (κ1) is 23.7. The first-order valence-electron chi connectivity index (χ1n) is 9.15. The second-order valence-electron chi connectivity index (χ2n) is 6.49.